The predicted molar refractivity (Wildman–Crippen MR) is 83.4 cm³/mol. The van der Waals surface area contributed by atoms with Crippen LogP contribution in [0.5, 0.6) is 0 Å². The molecule has 0 radical (unpaired) electrons. The van der Waals surface area contributed by atoms with Gasteiger partial charge in [0.2, 0.25) is 0 Å². The zero-order valence-corrected chi connectivity index (χ0v) is 13.4. The normalized spacial score (nSPS) is 10.7. The topological polar surface area (TPSA) is 37.8 Å². The summed E-state index contributed by atoms with van der Waals surface area (Å²) in [5.41, 5.74) is 1.99. The van der Waals surface area contributed by atoms with Gasteiger partial charge in [0, 0.05) is 29.1 Å². The molecule has 1 aromatic carbocycles. The number of halogens is 2. The highest BCUT2D eigenvalue weighted by atomic mass is 79.9. The smallest absolute Gasteiger partial charge is 0.133 e. The summed E-state index contributed by atoms with van der Waals surface area (Å²) in [4.78, 5) is 8.99. The first-order valence-electron chi connectivity index (χ1n) is 6.57. The van der Waals surface area contributed by atoms with Crippen LogP contribution in [-0.2, 0) is 6.42 Å². The minimum absolute atomic E-state index is 0.278. The Balaban J connectivity index is 2.65. The zero-order chi connectivity index (χ0) is 14.7. The Hall–Kier alpha value is -1.49. The van der Waals surface area contributed by atoms with Gasteiger partial charge in [0.25, 0.3) is 0 Å². The predicted octanol–water partition coefficient (Wildman–Crippen LogP) is 4.35. The van der Waals surface area contributed by atoms with E-state index in [4.69, 9.17) is 0 Å². The highest BCUT2D eigenvalue weighted by Crippen LogP contribution is 2.30. The quantitative estimate of drug-likeness (QED) is 0.901. The summed E-state index contributed by atoms with van der Waals surface area (Å²) >= 11 is 3.38. The molecule has 106 valence electrons. The molecule has 0 fully saturated rings. The highest BCUT2D eigenvalue weighted by Gasteiger charge is 2.15. The minimum atomic E-state index is -0.278. The standard InChI is InChI=1S/C15H17BrFN3/c1-4-5-13-19-14(9(2)15(18-3)20-13)11-8-10(16)6-7-12(11)17/h6-8H,4-5H2,1-3H3,(H,18,19,20). The number of rotatable bonds is 4. The maximum absolute atomic E-state index is 14.1. The van der Waals surface area contributed by atoms with Gasteiger partial charge in [-0.3, -0.25) is 0 Å². The molecule has 3 nitrogen and oxygen atoms in total. The molecular formula is C15H17BrFN3. The summed E-state index contributed by atoms with van der Waals surface area (Å²) in [6, 6.07) is 4.88. The molecule has 20 heavy (non-hydrogen) atoms. The molecule has 0 spiro atoms. The lowest BCUT2D eigenvalue weighted by atomic mass is 10.1. The molecule has 2 rings (SSSR count). The molecule has 0 atom stereocenters. The van der Waals surface area contributed by atoms with Gasteiger partial charge in [-0.1, -0.05) is 22.9 Å². The number of anilines is 1. The molecule has 0 aliphatic heterocycles. The summed E-state index contributed by atoms with van der Waals surface area (Å²) < 4.78 is 14.9. The van der Waals surface area contributed by atoms with Gasteiger partial charge in [-0.25, -0.2) is 14.4 Å². The molecule has 0 saturated carbocycles. The van der Waals surface area contributed by atoms with Crippen molar-refractivity contribution in [3.8, 4) is 11.3 Å². The van der Waals surface area contributed by atoms with Crippen LogP contribution in [-0.4, -0.2) is 17.0 Å². The van der Waals surface area contributed by atoms with Crippen LogP contribution in [0.15, 0.2) is 22.7 Å². The van der Waals surface area contributed by atoms with Crippen LogP contribution < -0.4 is 5.32 Å². The number of nitrogens with one attached hydrogen (secondary N) is 1. The summed E-state index contributed by atoms with van der Waals surface area (Å²) in [5.74, 6) is 1.20. The van der Waals surface area contributed by atoms with Crippen LogP contribution in [0.25, 0.3) is 11.3 Å². The molecular weight excluding hydrogens is 321 g/mol. The third-order valence-electron chi connectivity index (χ3n) is 3.09. The monoisotopic (exact) mass is 337 g/mol. The SMILES string of the molecule is CCCc1nc(NC)c(C)c(-c2cc(Br)ccc2F)n1. The number of aromatic nitrogens is 2. The van der Waals surface area contributed by atoms with Crippen LogP contribution in [0, 0.1) is 12.7 Å². The van der Waals surface area contributed by atoms with E-state index in [1.54, 1.807) is 12.1 Å². The van der Waals surface area contributed by atoms with Crippen molar-refractivity contribution in [1.82, 2.24) is 9.97 Å². The van der Waals surface area contributed by atoms with Crippen molar-refractivity contribution >= 4 is 21.7 Å². The van der Waals surface area contributed by atoms with Crippen LogP contribution in [0.3, 0.4) is 0 Å². The first-order valence-corrected chi connectivity index (χ1v) is 7.36. The fourth-order valence-electron chi connectivity index (χ4n) is 2.08. The van der Waals surface area contributed by atoms with Crippen molar-refractivity contribution in [3.63, 3.8) is 0 Å². The third kappa shape index (κ3) is 2.98. The van der Waals surface area contributed by atoms with Crippen molar-refractivity contribution in [2.75, 3.05) is 12.4 Å². The van der Waals surface area contributed by atoms with Crippen LogP contribution in [0.1, 0.15) is 24.7 Å². The van der Waals surface area contributed by atoms with E-state index in [0.29, 0.717) is 11.3 Å². The molecule has 0 aliphatic rings. The van der Waals surface area contributed by atoms with Gasteiger partial charge in [-0.15, -0.1) is 0 Å². The Morgan fingerprint density at radius 1 is 1.30 bits per heavy atom. The number of nitrogens with zero attached hydrogens (tertiary/aromatic N) is 2. The molecule has 0 bridgehead atoms. The van der Waals surface area contributed by atoms with Crippen molar-refractivity contribution < 1.29 is 4.39 Å². The van der Waals surface area contributed by atoms with E-state index >= 15 is 0 Å². The number of hydrogen-bond donors (Lipinski definition) is 1. The van der Waals surface area contributed by atoms with E-state index in [2.05, 4.69) is 38.1 Å². The second-order valence-electron chi connectivity index (χ2n) is 4.59. The molecule has 5 heteroatoms. The molecule has 1 N–H and O–H groups in total. The van der Waals surface area contributed by atoms with E-state index < -0.39 is 0 Å². The Labute approximate surface area is 126 Å². The van der Waals surface area contributed by atoms with Gasteiger partial charge in [0.05, 0.1) is 5.69 Å². The van der Waals surface area contributed by atoms with Crippen molar-refractivity contribution in [3.05, 3.63) is 39.9 Å². The fourth-order valence-corrected chi connectivity index (χ4v) is 2.44. The van der Waals surface area contributed by atoms with E-state index in [1.165, 1.54) is 6.07 Å². The molecule has 1 heterocycles. The zero-order valence-electron chi connectivity index (χ0n) is 11.8. The summed E-state index contributed by atoms with van der Waals surface area (Å²) in [5, 5.41) is 3.05. The molecule has 0 aliphatic carbocycles. The Kier molecular flexibility index (Phi) is 4.70. The van der Waals surface area contributed by atoms with Crippen LogP contribution >= 0.6 is 15.9 Å². The summed E-state index contributed by atoms with van der Waals surface area (Å²) in [7, 11) is 1.81. The lowest BCUT2D eigenvalue weighted by molar-refractivity contribution is 0.630. The number of benzene rings is 1. The maximum Gasteiger partial charge on any atom is 0.133 e. The highest BCUT2D eigenvalue weighted by molar-refractivity contribution is 9.10. The van der Waals surface area contributed by atoms with E-state index in [0.717, 1.165) is 34.5 Å². The molecule has 0 saturated heterocycles. The van der Waals surface area contributed by atoms with E-state index in [9.17, 15) is 4.39 Å². The Morgan fingerprint density at radius 3 is 2.70 bits per heavy atom. The van der Waals surface area contributed by atoms with Gasteiger partial charge in [-0.2, -0.15) is 0 Å². The second kappa shape index (κ2) is 6.31. The Bertz CT molecular complexity index is 629. The van der Waals surface area contributed by atoms with Gasteiger partial charge in [-0.05, 0) is 31.5 Å². The summed E-state index contributed by atoms with van der Waals surface area (Å²) in [6.07, 6.45) is 1.73. The third-order valence-corrected chi connectivity index (χ3v) is 3.58. The van der Waals surface area contributed by atoms with Gasteiger partial charge >= 0.3 is 0 Å². The lowest BCUT2D eigenvalue weighted by Crippen LogP contribution is -2.06. The average molecular weight is 338 g/mol. The lowest BCUT2D eigenvalue weighted by Gasteiger charge is -2.13. The van der Waals surface area contributed by atoms with Crippen molar-refractivity contribution in [2.45, 2.75) is 26.7 Å². The molecule has 1 aromatic heterocycles. The van der Waals surface area contributed by atoms with E-state index in [-0.39, 0.29) is 5.82 Å². The summed E-state index contributed by atoms with van der Waals surface area (Å²) in [6.45, 7) is 3.97. The first kappa shape index (κ1) is 14.9. The van der Waals surface area contributed by atoms with Gasteiger partial charge < -0.3 is 5.32 Å². The second-order valence-corrected chi connectivity index (χ2v) is 5.50. The van der Waals surface area contributed by atoms with Crippen LogP contribution in [0.4, 0.5) is 10.2 Å². The average Bonchev–Trinajstić information content (AvgIpc) is 2.43. The maximum atomic E-state index is 14.1. The van der Waals surface area contributed by atoms with Crippen molar-refractivity contribution in [2.24, 2.45) is 0 Å². The largest absolute Gasteiger partial charge is 0.373 e. The number of hydrogen-bond acceptors (Lipinski definition) is 3. The van der Waals surface area contributed by atoms with Gasteiger partial charge in [0.1, 0.15) is 17.5 Å². The van der Waals surface area contributed by atoms with Crippen molar-refractivity contribution in [1.29, 1.82) is 0 Å². The first-order chi connectivity index (χ1) is 9.56. The van der Waals surface area contributed by atoms with Gasteiger partial charge in [0.15, 0.2) is 0 Å². The van der Waals surface area contributed by atoms with E-state index in [1.807, 2.05) is 14.0 Å². The Morgan fingerprint density at radius 2 is 2.05 bits per heavy atom. The molecule has 2 aromatic rings. The molecule has 0 unspecified atom stereocenters. The fraction of sp³-hybridized carbons (Fsp3) is 0.333. The molecule has 0 amide bonds. The minimum Gasteiger partial charge on any atom is -0.373 e. The van der Waals surface area contributed by atoms with Crippen LogP contribution in [0.2, 0.25) is 0 Å². The number of aryl methyl sites for hydroxylation is 1.